The molecule has 0 aromatic heterocycles. The van der Waals surface area contributed by atoms with Crippen LogP contribution in [-0.2, 0) is 13.1 Å². The summed E-state index contributed by atoms with van der Waals surface area (Å²) in [6, 6.07) is 20.4. The molecule has 0 saturated carbocycles. The van der Waals surface area contributed by atoms with E-state index in [2.05, 4.69) is 35.6 Å². The van der Waals surface area contributed by atoms with Gasteiger partial charge < -0.3 is 10.1 Å². The smallest absolute Gasteiger partial charge is 0.123 e. The van der Waals surface area contributed by atoms with Crippen molar-refractivity contribution < 1.29 is 4.74 Å². The van der Waals surface area contributed by atoms with Crippen molar-refractivity contribution >= 4 is 34.8 Å². The van der Waals surface area contributed by atoms with E-state index >= 15 is 0 Å². The number of hydrogen-bond donors (Lipinski definition) is 1. The second kappa shape index (κ2) is 8.21. The van der Waals surface area contributed by atoms with Crippen LogP contribution in [0, 0.1) is 0 Å². The van der Waals surface area contributed by atoms with Crippen molar-refractivity contribution in [1.29, 1.82) is 0 Å². The fraction of sp³-hybridized carbons (Fsp3) is 0.158. The van der Waals surface area contributed by atoms with Crippen LogP contribution in [0.25, 0.3) is 10.8 Å². The summed E-state index contributed by atoms with van der Waals surface area (Å²) in [7, 11) is 1.71. The molecule has 0 atom stereocenters. The Balaban J connectivity index is 0.00000192. The van der Waals surface area contributed by atoms with Crippen molar-refractivity contribution in [3.63, 3.8) is 0 Å². The number of methoxy groups -OCH3 is 1. The van der Waals surface area contributed by atoms with Gasteiger partial charge in [0.05, 0.1) is 7.11 Å². The minimum atomic E-state index is 0. The lowest BCUT2D eigenvalue weighted by Crippen LogP contribution is -2.14. The molecule has 0 radical (unpaired) electrons. The first-order valence-electron chi connectivity index (χ1n) is 7.28. The first-order chi connectivity index (χ1) is 10.8. The lowest BCUT2D eigenvalue weighted by Gasteiger charge is -2.13. The zero-order valence-electron chi connectivity index (χ0n) is 12.9. The number of rotatable bonds is 5. The molecule has 3 aromatic rings. The van der Waals surface area contributed by atoms with Crippen LogP contribution >= 0.6 is 24.0 Å². The molecular formula is C19H19Cl2NO. The first-order valence-corrected chi connectivity index (χ1v) is 7.66. The Hall–Kier alpha value is -1.74. The fourth-order valence-corrected chi connectivity index (χ4v) is 2.86. The molecule has 2 nitrogen and oxygen atoms in total. The Morgan fingerprint density at radius 2 is 1.65 bits per heavy atom. The summed E-state index contributed by atoms with van der Waals surface area (Å²) in [6.45, 7) is 1.46. The highest BCUT2D eigenvalue weighted by Crippen LogP contribution is 2.28. The van der Waals surface area contributed by atoms with Gasteiger partial charge in [-0.05, 0) is 28.5 Å². The van der Waals surface area contributed by atoms with Gasteiger partial charge in [-0.25, -0.2) is 0 Å². The van der Waals surface area contributed by atoms with Crippen LogP contribution in [0.5, 0.6) is 5.75 Å². The van der Waals surface area contributed by atoms with Gasteiger partial charge in [-0.1, -0.05) is 60.1 Å². The standard InChI is InChI=1S/C19H18ClNO.ClH/c1-22-19-11-10-14-6-2-4-8-16(14)17(19)13-21-12-15-7-3-5-9-18(15)20;/h2-11,21H,12-13H2,1H3;1H. The summed E-state index contributed by atoms with van der Waals surface area (Å²) in [6.07, 6.45) is 0. The molecule has 0 spiro atoms. The molecule has 4 heteroatoms. The van der Waals surface area contributed by atoms with Crippen molar-refractivity contribution in [3.8, 4) is 5.75 Å². The zero-order chi connectivity index (χ0) is 15.4. The summed E-state index contributed by atoms with van der Waals surface area (Å²) in [4.78, 5) is 0. The molecule has 1 N–H and O–H groups in total. The van der Waals surface area contributed by atoms with Gasteiger partial charge in [0.15, 0.2) is 0 Å². The highest BCUT2D eigenvalue weighted by atomic mass is 35.5. The van der Waals surface area contributed by atoms with Crippen molar-refractivity contribution in [1.82, 2.24) is 5.32 Å². The quantitative estimate of drug-likeness (QED) is 0.683. The molecule has 23 heavy (non-hydrogen) atoms. The van der Waals surface area contributed by atoms with Crippen LogP contribution in [0.3, 0.4) is 0 Å². The number of hydrogen-bond acceptors (Lipinski definition) is 2. The molecule has 3 aromatic carbocycles. The van der Waals surface area contributed by atoms with Crippen molar-refractivity contribution in [2.45, 2.75) is 13.1 Å². The van der Waals surface area contributed by atoms with Gasteiger partial charge in [-0.15, -0.1) is 12.4 Å². The molecule has 0 fully saturated rings. The average molecular weight is 348 g/mol. The van der Waals surface area contributed by atoms with E-state index in [0.29, 0.717) is 0 Å². The van der Waals surface area contributed by atoms with Crippen molar-refractivity contribution in [2.75, 3.05) is 7.11 Å². The molecular weight excluding hydrogens is 329 g/mol. The predicted molar refractivity (Wildman–Crippen MR) is 99.7 cm³/mol. The predicted octanol–water partition coefficient (Wildman–Crippen LogP) is 5.21. The largest absolute Gasteiger partial charge is 0.496 e. The van der Waals surface area contributed by atoms with Crippen molar-refractivity contribution in [3.05, 3.63) is 76.8 Å². The summed E-state index contributed by atoms with van der Waals surface area (Å²) >= 11 is 6.19. The minimum absolute atomic E-state index is 0. The third-order valence-corrected chi connectivity index (χ3v) is 4.16. The summed E-state index contributed by atoms with van der Waals surface area (Å²) < 4.78 is 5.51. The van der Waals surface area contributed by atoms with Gasteiger partial charge in [0.2, 0.25) is 0 Å². The normalized spacial score (nSPS) is 10.3. The third kappa shape index (κ3) is 3.97. The van der Waals surface area contributed by atoms with Crippen LogP contribution in [-0.4, -0.2) is 7.11 Å². The average Bonchev–Trinajstić information content (AvgIpc) is 2.56. The van der Waals surface area contributed by atoms with Gasteiger partial charge in [0.25, 0.3) is 0 Å². The summed E-state index contributed by atoms with van der Waals surface area (Å²) in [5, 5.41) is 6.69. The van der Waals surface area contributed by atoms with E-state index in [1.54, 1.807) is 7.11 Å². The zero-order valence-corrected chi connectivity index (χ0v) is 14.5. The van der Waals surface area contributed by atoms with E-state index in [4.69, 9.17) is 16.3 Å². The van der Waals surface area contributed by atoms with Crippen LogP contribution in [0.2, 0.25) is 5.02 Å². The van der Waals surface area contributed by atoms with E-state index < -0.39 is 0 Å². The lowest BCUT2D eigenvalue weighted by atomic mass is 10.0. The van der Waals surface area contributed by atoms with E-state index in [-0.39, 0.29) is 12.4 Å². The Morgan fingerprint density at radius 1 is 0.913 bits per heavy atom. The lowest BCUT2D eigenvalue weighted by molar-refractivity contribution is 0.408. The maximum Gasteiger partial charge on any atom is 0.123 e. The van der Waals surface area contributed by atoms with Crippen LogP contribution in [0.1, 0.15) is 11.1 Å². The van der Waals surface area contributed by atoms with Crippen molar-refractivity contribution in [2.24, 2.45) is 0 Å². The molecule has 0 heterocycles. The highest BCUT2D eigenvalue weighted by molar-refractivity contribution is 6.31. The number of benzene rings is 3. The molecule has 0 aliphatic heterocycles. The number of nitrogens with one attached hydrogen (secondary N) is 1. The topological polar surface area (TPSA) is 21.3 Å². The van der Waals surface area contributed by atoms with Crippen LogP contribution in [0.4, 0.5) is 0 Å². The van der Waals surface area contributed by atoms with Gasteiger partial charge >= 0.3 is 0 Å². The van der Waals surface area contributed by atoms with Gasteiger partial charge in [-0.2, -0.15) is 0 Å². The van der Waals surface area contributed by atoms with Gasteiger partial charge in [0, 0.05) is 23.7 Å². The maximum atomic E-state index is 6.19. The van der Waals surface area contributed by atoms with Gasteiger partial charge in [0.1, 0.15) is 5.75 Å². The Bertz CT molecular complexity index is 789. The fourth-order valence-electron chi connectivity index (χ4n) is 2.65. The monoisotopic (exact) mass is 347 g/mol. The Kier molecular flexibility index (Phi) is 6.28. The molecule has 0 aliphatic rings. The highest BCUT2D eigenvalue weighted by Gasteiger charge is 2.08. The Labute approximate surface area is 147 Å². The number of fused-ring (bicyclic) bond motifs is 1. The Morgan fingerprint density at radius 3 is 2.43 bits per heavy atom. The molecule has 0 unspecified atom stereocenters. The number of ether oxygens (including phenoxy) is 1. The molecule has 0 saturated heterocycles. The summed E-state index contributed by atoms with van der Waals surface area (Å²) in [5.41, 5.74) is 2.27. The second-order valence-corrected chi connectivity index (χ2v) is 5.57. The van der Waals surface area contributed by atoms with E-state index in [9.17, 15) is 0 Å². The molecule has 0 amide bonds. The SMILES string of the molecule is COc1ccc2ccccc2c1CNCc1ccccc1Cl.Cl. The molecule has 3 rings (SSSR count). The maximum absolute atomic E-state index is 6.19. The third-order valence-electron chi connectivity index (χ3n) is 3.79. The van der Waals surface area contributed by atoms with E-state index in [0.717, 1.165) is 29.4 Å². The molecule has 0 bridgehead atoms. The second-order valence-electron chi connectivity index (χ2n) is 5.16. The summed E-state index contributed by atoms with van der Waals surface area (Å²) in [5.74, 6) is 0.908. The van der Waals surface area contributed by atoms with Crippen LogP contribution in [0.15, 0.2) is 60.7 Å². The first kappa shape index (κ1) is 17.6. The molecule has 120 valence electrons. The van der Waals surface area contributed by atoms with E-state index in [1.807, 2.05) is 30.3 Å². The van der Waals surface area contributed by atoms with Crippen LogP contribution < -0.4 is 10.1 Å². The minimum Gasteiger partial charge on any atom is -0.496 e. The van der Waals surface area contributed by atoms with E-state index in [1.165, 1.54) is 16.3 Å². The van der Waals surface area contributed by atoms with Gasteiger partial charge in [-0.3, -0.25) is 0 Å². The molecule has 0 aliphatic carbocycles. The number of halogens is 2.